The topological polar surface area (TPSA) is 104 Å². The van der Waals surface area contributed by atoms with E-state index in [1.807, 2.05) is 0 Å². The third kappa shape index (κ3) is 7.49. The zero-order valence-electron chi connectivity index (χ0n) is 8.27. The van der Waals surface area contributed by atoms with Gasteiger partial charge in [0.2, 0.25) is 10.0 Å². The maximum Gasteiger partial charge on any atom is 0.303 e. The van der Waals surface area contributed by atoms with Crippen LogP contribution in [0.4, 0.5) is 8.78 Å². The molecule has 0 aliphatic heterocycles. The van der Waals surface area contributed by atoms with E-state index >= 15 is 0 Å². The number of carboxylic acid groups (broad SMARTS) is 1. The SMILES string of the molecule is O=C(O)CCCS(=O)(=O)NCC(O)C(F)F. The van der Waals surface area contributed by atoms with Gasteiger partial charge in [-0.25, -0.2) is 21.9 Å². The molecule has 16 heavy (non-hydrogen) atoms. The number of rotatable bonds is 8. The van der Waals surface area contributed by atoms with Gasteiger partial charge >= 0.3 is 5.97 Å². The number of carbonyl (C=O) groups is 1. The van der Waals surface area contributed by atoms with Crippen LogP contribution < -0.4 is 4.72 Å². The fraction of sp³-hybridized carbons (Fsp3) is 0.857. The summed E-state index contributed by atoms with van der Waals surface area (Å²) >= 11 is 0. The number of aliphatic hydroxyl groups excluding tert-OH is 1. The molecule has 0 aromatic carbocycles. The number of halogens is 2. The van der Waals surface area contributed by atoms with Gasteiger partial charge in [0, 0.05) is 13.0 Å². The summed E-state index contributed by atoms with van der Waals surface area (Å²) in [4.78, 5) is 10.1. The summed E-state index contributed by atoms with van der Waals surface area (Å²) in [6, 6.07) is 0. The number of hydrogen-bond acceptors (Lipinski definition) is 4. The molecule has 0 aliphatic rings. The molecular formula is C7H13F2NO5S. The predicted molar refractivity (Wildman–Crippen MR) is 50.7 cm³/mol. The summed E-state index contributed by atoms with van der Waals surface area (Å²) in [5.41, 5.74) is 0. The summed E-state index contributed by atoms with van der Waals surface area (Å²) in [6.45, 7) is -0.785. The number of aliphatic hydroxyl groups is 1. The average molecular weight is 261 g/mol. The molecule has 0 aromatic rings. The monoisotopic (exact) mass is 261 g/mol. The van der Waals surface area contributed by atoms with Crippen molar-refractivity contribution in [1.29, 1.82) is 0 Å². The van der Waals surface area contributed by atoms with Crippen molar-refractivity contribution in [3.63, 3.8) is 0 Å². The maximum atomic E-state index is 11.8. The number of nitrogens with one attached hydrogen (secondary N) is 1. The minimum atomic E-state index is -3.81. The van der Waals surface area contributed by atoms with Crippen molar-refractivity contribution >= 4 is 16.0 Å². The van der Waals surface area contributed by atoms with Crippen LogP contribution in [0.1, 0.15) is 12.8 Å². The molecule has 3 N–H and O–H groups in total. The molecular weight excluding hydrogens is 248 g/mol. The molecule has 0 radical (unpaired) electrons. The fourth-order valence-corrected chi connectivity index (χ4v) is 1.88. The fourth-order valence-electron chi connectivity index (χ4n) is 0.787. The maximum absolute atomic E-state index is 11.8. The van der Waals surface area contributed by atoms with Crippen molar-refractivity contribution in [2.75, 3.05) is 12.3 Å². The number of sulfonamides is 1. The van der Waals surface area contributed by atoms with Crippen LogP contribution in [-0.4, -0.2) is 49.4 Å². The molecule has 0 amide bonds. The molecule has 0 rings (SSSR count). The van der Waals surface area contributed by atoms with E-state index in [0.29, 0.717) is 0 Å². The van der Waals surface area contributed by atoms with Crippen molar-refractivity contribution in [2.45, 2.75) is 25.4 Å². The van der Waals surface area contributed by atoms with Crippen LogP contribution in [0.25, 0.3) is 0 Å². The van der Waals surface area contributed by atoms with Crippen molar-refractivity contribution in [3.05, 3.63) is 0 Å². The van der Waals surface area contributed by atoms with Gasteiger partial charge in [-0.1, -0.05) is 0 Å². The highest BCUT2D eigenvalue weighted by Crippen LogP contribution is 2.00. The van der Waals surface area contributed by atoms with Gasteiger partial charge in [0.1, 0.15) is 6.10 Å². The Morgan fingerprint density at radius 2 is 1.94 bits per heavy atom. The molecule has 0 saturated carbocycles. The Morgan fingerprint density at radius 3 is 2.38 bits per heavy atom. The second kappa shape index (κ2) is 6.71. The number of carboxylic acids is 1. The smallest absolute Gasteiger partial charge is 0.303 e. The van der Waals surface area contributed by atoms with E-state index in [4.69, 9.17) is 10.2 Å². The molecule has 1 unspecified atom stereocenters. The Kier molecular flexibility index (Phi) is 6.38. The molecule has 0 bridgehead atoms. The molecule has 1 atom stereocenters. The third-order valence-electron chi connectivity index (χ3n) is 1.61. The highest BCUT2D eigenvalue weighted by atomic mass is 32.2. The van der Waals surface area contributed by atoms with Gasteiger partial charge in [-0.05, 0) is 6.42 Å². The van der Waals surface area contributed by atoms with Crippen LogP contribution >= 0.6 is 0 Å². The number of alkyl halides is 2. The second-order valence-electron chi connectivity index (χ2n) is 3.07. The van der Waals surface area contributed by atoms with Crippen molar-refractivity contribution in [1.82, 2.24) is 4.72 Å². The normalized spacial score (nSPS) is 14.0. The van der Waals surface area contributed by atoms with E-state index in [1.54, 1.807) is 4.72 Å². The first-order valence-corrected chi connectivity index (χ1v) is 6.05. The van der Waals surface area contributed by atoms with Crippen LogP contribution in [0.3, 0.4) is 0 Å². The summed E-state index contributed by atoms with van der Waals surface area (Å²) in [6.07, 6.45) is -5.52. The van der Waals surface area contributed by atoms with Gasteiger partial charge in [0.05, 0.1) is 5.75 Å². The molecule has 0 aliphatic carbocycles. The molecule has 9 heteroatoms. The lowest BCUT2D eigenvalue weighted by atomic mass is 10.3. The minimum absolute atomic E-state index is 0.116. The molecule has 6 nitrogen and oxygen atoms in total. The lowest BCUT2D eigenvalue weighted by molar-refractivity contribution is -0.137. The quantitative estimate of drug-likeness (QED) is 0.541. The van der Waals surface area contributed by atoms with Gasteiger partial charge in [-0.3, -0.25) is 4.79 Å². The van der Waals surface area contributed by atoms with Crippen LogP contribution in [0, 0.1) is 0 Å². The van der Waals surface area contributed by atoms with Crippen molar-refractivity contribution < 1.29 is 32.2 Å². The van der Waals surface area contributed by atoms with E-state index in [2.05, 4.69) is 0 Å². The largest absolute Gasteiger partial charge is 0.481 e. The van der Waals surface area contributed by atoms with E-state index in [0.717, 1.165) is 0 Å². The summed E-state index contributed by atoms with van der Waals surface area (Å²) in [5, 5.41) is 16.9. The van der Waals surface area contributed by atoms with Gasteiger partial charge < -0.3 is 10.2 Å². The molecule has 0 fully saturated rings. The lowest BCUT2D eigenvalue weighted by Gasteiger charge is -2.10. The Bertz CT molecular complexity index is 319. The molecule has 0 spiro atoms. The number of hydrogen-bond donors (Lipinski definition) is 3. The first-order chi connectivity index (χ1) is 7.24. The summed E-state index contributed by atoms with van der Waals surface area (Å²) in [5.74, 6) is -1.61. The Labute approximate surface area is 91.3 Å². The van der Waals surface area contributed by atoms with Crippen LogP contribution in [0.5, 0.6) is 0 Å². The van der Waals surface area contributed by atoms with Crippen LogP contribution in [0.15, 0.2) is 0 Å². The molecule has 96 valence electrons. The minimum Gasteiger partial charge on any atom is -0.481 e. The first kappa shape index (κ1) is 15.2. The average Bonchev–Trinajstić information content (AvgIpc) is 2.13. The highest BCUT2D eigenvalue weighted by molar-refractivity contribution is 7.89. The Balaban J connectivity index is 3.92. The van der Waals surface area contributed by atoms with Gasteiger partial charge in [0.25, 0.3) is 6.43 Å². The van der Waals surface area contributed by atoms with Gasteiger partial charge in [-0.2, -0.15) is 0 Å². The van der Waals surface area contributed by atoms with Gasteiger partial charge in [-0.15, -0.1) is 0 Å². The third-order valence-corrected chi connectivity index (χ3v) is 3.04. The second-order valence-corrected chi connectivity index (χ2v) is 4.99. The van der Waals surface area contributed by atoms with Crippen molar-refractivity contribution in [2.24, 2.45) is 0 Å². The van der Waals surface area contributed by atoms with E-state index in [1.165, 1.54) is 0 Å². The van der Waals surface area contributed by atoms with Gasteiger partial charge in [0.15, 0.2) is 0 Å². The predicted octanol–water partition coefficient (Wildman–Crippen LogP) is -0.603. The van der Waals surface area contributed by atoms with Crippen LogP contribution in [-0.2, 0) is 14.8 Å². The van der Waals surface area contributed by atoms with E-state index < -0.39 is 40.8 Å². The standard InChI is InChI=1S/C7H13F2NO5S/c8-7(9)5(11)4-10-16(14,15)3-1-2-6(12)13/h5,7,10-11H,1-4H2,(H,12,13). The zero-order valence-corrected chi connectivity index (χ0v) is 9.08. The summed E-state index contributed by atoms with van der Waals surface area (Å²) in [7, 11) is -3.81. The van der Waals surface area contributed by atoms with Crippen LogP contribution in [0.2, 0.25) is 0 Å². The number of aliphatic carboxylic acids is 1. The summed E-state index contributed by atoms with van der Waals surface area (Å²) < 4.78 is 47.5. The molecule has 0 aromatic heterocycles. The van der Waals surface area contributed by atoms with E-state index in [-0.39, 0.29) is 12.8 Å². The van der Waals surface area contributed by atoms with Crippen molar-refractivity contribution in [3.8, 4) is 0 Å². The Hall–Kier alpha value is -0.800. The molecule has 0 heterocycles. The molecule has 0 saturated heterocycles. The Morgan fingerprint density at radius 1 is 1.38 bits per heavy atom. The van der Waals surface area contributed by atoms with E-state index in [9.17, 15) is 22.0 Å². The lowest BCUT2D eigenvalue weighted by Crippen LogP contribution is -2.37. The first-order valence-electron chi connectivity index (χ1n) is 4.40. The zero-order chi connectivity index (χ0) is 12.8. The highest BCUT2D eigenvalue weighted by Gasteiger charge is 2.19.